The summed E-state index contributed by atoms with van der Waals surface area (Å²) in [7, 11) is 0. The first-order valence-electron chi connectivity index (χ1n) is 16.6. The van der Waals surface area contributed by atoms with Crippen LogP contribution < -0.4 is 0 Å². The molecule has 0 spiro atoms. The monoisotopic (exact) mass is 617 g/mol. The minimum Gasteiger partial charge on any atom is -0.247 e. The number of benzene rings is 7. The third-order valence-electron chi connectivity index (χ3n) is 10.4. The lowest BCUT2D eigenvalue weighted by Crippen LogP contribution is -2.16. The van der Waals surface area contributed by atoms with Crippen LogP contribution in [0.2, 0.25) is 0 Å². The molecule has 1 unspecified atom stereocenters. The molecule has 0 N–H and O–H groups in total. The Morgan fingerprint density at radius 1 is 0.617 bits per heavy atom. The van der Waals surface area contributed by atoms with Gasteiger partial charge < -0.3 is 0 Å². The van der Waals surface area contributed by atoms with Gasteiger partial charge in [-0.25, -0.2) is 4.98 Å². The molecule has 1 atom stereocenters. The summed E-state index contributed by atoms with van der Waals surface area (Å²) in [6.07, 6.45) is 1.90. The molecule has 0 aliphatic heterocycles. The highest BCUT2D eigenvalue weighted by atomic mass is 32.1. The van der Waals surface area contributed by atoms with Crippen molar-refractivity contribution in [2.45, 2.75) is 25.7 Å². The third kappa shape index (κ3) is 4.05. The van der Waals surface area contributed by atoms with Crippen LogP contribution in [-0.4, -0.2) is 4.98 Å². The molecule has 7 aromatic carbocycles. The molecule has 0 radical (unpaired) electrons. The summed E-state index contributed by atoms with van der Waals surface area (Å²) < 4.78 is 2.76. The predicted molar refractivity (Wildman–Crippen MR) is 202 cm³/mol. The maximum absolute atomic E-state index is 5.47. The molecule has 1 nitrogen and oxygen atoms in total. The first-order valence-corrected chi connectivity index (χ1v) is 17.4. The first-order chi connectivity index (χ1) is 23.2. The molecule has 0 saturated carbocycles. The number of fused-ring (bicyclic) bond motifs is 10. The van der Waals surface area contributed by atoms with Crippen LogP contribution in [0.5, 0.6) is 0 Å². The molecule has 10 rings (SSSR count). The van der Waals surface area contributed by atoms with E-state index in [1.165, 1.54) is 86.0 Å². The summed E-state index contributed by atoms with van der Waals surface area (Å²) in [5, 5.41) is 9.14. The number of aryl methyl sites for hydroxylation is 1. The number of thiophene rings is 1. The summed E-state index contributed by atoms with van der Waals surface area (Å²) in [5.41, 5.74) is 11.7. The summed E-state index contributed by atoms with van der Waals surface area (Å²) in [4.78, 5) is 5.47. The van der Waals surface area contributed by atoms with Gasteiger partial charge in [0.15, 0.2) is 0 Å². The molecule has 0 fully saturated rings. The zero-order valence-corrected chi connectivity index (χ0v) is 26.9. The number of hydrogen-bond acceptors (Lipinski definition) is 2. The van der Waals surface area contributed by atoms with Crippen LogP contribution in [0.4, 0.5) is 0 Å². The Hall–Kier alpha value is -5.31. The molecular formula is C45H31NS. The summed E-state index contributed by atoms with van der Waals surface area (Å²) >= 11 is 1.94. The molecule has 1 aliphatic carbocycles. The minimum atomic E-state index is 0.194. The molecule has 0 amide bonds. The Bertz CT molecular complexity index is 2710. The van der Waals surface area contributed by atoms with Crippen molar-refractivity contribution in [2.24, 2.45) is 0 Å². The van der Waals surface area contributed by atoms with E-state index in [-0.39, 0.29) is 5.92 Å². The van der Waals surface area contributed by atoms with Crippen molar-refractivity contribution >= 4 is 64.0 Å². The van der Waals surface area contributed by atoms with Gasteiger partial charge in [-0.2, -0.15) is 0 Å². The first kappa shape index (κ1) is 26.9. The standard InChI is InChI=1S/C45H31NS/c1-2-32-36-17-9-10-18-41(36)46-44(30-20-19-27-11-3-4-13-29(27)23-30)43(32)40-24-31-25-42-39(26-38(31)34-15-7-8-16-35(34)40)37-22-21-28-12-5-6-14-33(28)45(37)47-42/h3-23,25-26,40H,2,24H2,1H3. The van der Waals surface area contributed by atoms with E-state index in [0.717, 1.165) is 24.1 Å². The zero-order chi connectivity index (χ0) is 31.1. The Labute approximate surface area is 277 Å². The maximum atomic E-state index is 5.47. The van der Waals surface area contributed by atoms with Gasteiger partial charge in [-0.3, -0.25) is 0 Å². The number of para-hydroxylation sites is 1. The lowest BCUT2D eigenvalue weighted by atomic mass is 9.72. The van der Waals surface area contributed by atoms with Crippen LogP contribution >= 0.6 is 11.3 Å². The largest absolute Gasteiger partial charge is 0.247 e. The fraction of sp³-hybridized carbons (Fsp3) is 0.0889. The SMILES string of the molecule is CCc1c(C2Cc3cc4sc5c6ccccc6ccc5c4cc3-c3ccccc32)c(-c2ccc3ccccc3c2)nc2ccccc12. The molecular weight excluding hydrogens is 587 g/mol. The second-order valence-corrected chi connectivity index (χ2v) is 14.0. The van der Waals surface area contributed by atoms with Gasteiger partial charge in [-0.1, -0.05) is 122 Å². The quantitative estimate of drug-likeness (QED) is 0.192. The predicted octanol–water partition coefficient (Wildman–Crippen LogP) is 12.5. The summed E-state index contributed by atoms with van der Waals surface area (Å²) in [5.74, 6) is 0.194. The van der Waals surface area contributed by atoms with E-state index in [1.54, 1.807) is 0 Å². The lowest BCUT2D eigenvalue weighted by molar-refractivity contribution is 0.782. The van der Waals surface area contributed by atoms with Gasteiger partial charge in [-0.05, 0) is 92.0 Å². The highest BCUT2D eigenvalue weighted by molar-refractivity contribution is 7.26. The van der Waals surface area contributed by atoms with Gasteiger partial charge in [-0.15, -0.1) is 11.3 Å². The summed E-state index contributed by atoms with van der Waals surface area (Å²) in [6, 6.07) is 51.7. The van der Waals surface area contributed by atoms with Crippen LogP contribution in [-0.2, 0) is 12.8 Å². The van der Waals surface area contributed by atoms with Gasteiger partial charge in [0.05, 0.1) is 11.2 Å². The van der Waals surface area contributed by atoms with Crippen molar-refractivity contribution in [1.29, 1.82) is 0 Å². The molecule has 2 aromatic heterocycles. The average Bonchev–Trinajstić information content (AvgIpc) is 3.50. The second-order valence-electron chi connectivity index (χ2n) is 12.9. The zero-order valence-electron chi connectivity index (χ0n) is 26.1. The third-order valence-corrected chi connectivity index (χ3v) is 11.6. The van der Waals surface area contributed by atoms with Crippen LogP contribution in [0.3, 0.4) is 0 Å². The molecule has 0 bridgehead atoms. The van der Waals surface area contributed by atoms with Crippen molar-refractivity contribution in [3.8, 4) is 22.4 Å². The van der Waals surface area contributed by atoms with Gasteiger partial charge in [0.2, 0.25) is 0 Å². The van der Waals surface area contributed by atoms with Gasteiger partial charge >= 0.3 is 0 Å². The minimum absolute atomic E-state index is 0.194. The van der Waals surface area contributed by atoms with Crippen LogP contribution in [0, 0.1) is 0 Å². The topological polar surface area (TPSA) is 12.9 Å². The number of rotatable bonds is 3. The normalized spacial score (nSPS) is 14.3. The lowest BCUT2D eigenvalue weighted by Gasteiger charge is -2.31. The number of hydrogen-bond donors (Lipinski definition) is 0. The van der Waals surface area contributed by atoms with E-state index >= 15 is 0 Å². The fourth-order valence-electron chi connectivity index (χ4n) is 8.25. The smallest absolute Gasteiger partial charge is 0.0751 e. The van der Waals surface area contributed by atoms with E-state index in [1.807, 2.05) is 11.3 Å². The van der Waals surface area contributed by atoms with Crippen LogP contribution in [0.15, 0.2) is 140 Å². The van der Waals surface area contributed by atoms with Gasteiger partial charge in [0.25, 0.3) is 0 Å². The highest BCUT2D eigenvalue weighted by Gasteiger charge is 2.31. The number of pyridine rings is 1. The maximum Gasteiger partial charge on any atom is 0.0751 e. The van der Waals surface area contributed by atoms with E-state index in [2.05, 4.69) is 146 Å². The Morgan fingerprint density at radius 2 is 1.36 bits per heavy atom. The van der Waals surface area contributed by atoms with E-state index in [4.69, 9.17) is 4.98 Å². The molecule has 1 aliphatic rings. The molecule has 0 saturated heterocycles. The van der Waals surface area contributed by atoms with Crippen LogP contribution in [0.25, 0.3) is 75.0 Å². The number of nitrogens with zero attached hydrogens (tertiary/aromatic N) is 1. The highest BCUT2D eigenvalue weighted by Crippen LogP contribution is 2.50. The molecule has 2 heterocycles. The van der Waals surface area contributed by atoms with Gasteiger partial charge in [0, 0.05) is 37.0 Å². The second kappa shape index (κ2) is 10.4. The van der Waals surface area contributed by atoms with Crippen LogP contribution in [0.1, 0.15) is 35.1 Å². The fourth-order valence-corrected chi connectivity index (χ4v) is 9.54. The average molecular weight is 618 g/mol. The Balaban J connectivity index is 1.24. The van der Waals surface area contributed by atoms with E-state index in [9.17, 15) is 0 Å². The number of aromatic nitrogens is 1. The molecule has 47 heavy (non-hydrogen) atoms. The molecule has 9 aromatic rings. The van der Waals surface area contributed by atoms with Crippen molar-refractivity contribution < 1.29 is 0 Å². The van der Waals surface area contributed by atoms with E-state index < -0.39 is 0 Å². The Kier molecular flexibility index (Phi) is 5.92. The van der Waals surface area contributed by atoms with Crippen molar-refractivity contribution in [3.05, 3.63) is 162 Å². The molecule has 222 valence electrons. The van der Waals surface area contributed by atoms with Crippen molar-refractivity contribution in [2.75, 3.05) is 0 Å². The van der Waals surface area contributed by atoms with E-state index in [0.29, 0.717) is 0 Å². The van der Waals surface area contributed by atoms with Crippen molar-refractivity contribution in [3.63, 3.8) is 0 Å². The summed E-state index contributed by atoms with van der Waals surface area (Å²) in [6.45, 7) is 2.31. The van der Waals surface area contributed by atoms with Gasteiger partial charge in [0.1, 0.15) is 0 Å². The molecule has 2 heteroatoms. The Morgan fingerprint density at radius 3 is 2.26 bits per heavy atom. The van der Waals surface area contributed by atoms with Crippen molar-refractivity contribution in [1.82, 2.24) is 4.98 Å².